The molecule has 0 saturated carbocycles. The van der Waals surface area contributed by atoms with E-state index in [4.69, 9.17) is 13.8 Å². The minimum absolute atomic E-state index is 0.123. The van der Waals surface area contributed by atoms with Gasteiger partial charge in [0.15, 0.2) is 8.07 Å². The Morgan fingerprint density at radius 3 is 1.68 bits per heavy atom. The maximum Gasteiger partial charge on any atom is 0.269 e. The molecule has 4 heterocycles. The second-order valence-corrected chi connectivity index (χ2v) is 28.9. The summed E-state index contributed by atoms with van der Waals surface area (Å²) in [4.78, 5) is 4.89. The SMILES string of the molecule is [2H]c1c([2H])c([2H])c([Si](c2c([2H])c([2H])c([2H])c([2H])c2[2H])(c2c([2H])c([2H])c([2H])c([2H])c2[2H])c2c([2H])c([2H])c([2H])c(-c3cc4c5c(c3)n(-c3cccc(Oc6ccc7c8ccccc8n(-c8cc(C(C)(C)C)ccn8)c7c6)c3)[c-][n+]5-c3c(cc(C(C)(C)C)cc3-c3c(C([2H])([2H])[2H])cccc3C([2H])([2H])[2H])-c3ccccc3-c3ccccc3-4)c2[2H])c([2H])c1[2H]. The van der Waals surface area contributed by atoms with Crippen LogP contribution in [-0.4, -0.2) is 22.2 Å². The Bertz CT molecular complexity index is 6620. The molecule has 5 nitrogen and oxygen atoms in total. The van der Waals surface area contributed by atoms with Crippen molar-refractivity contribution >= 4 is 61.7 Å². The molecule has 94 heavy (non-hydrogen) atoms. The van der Waals surface area contributed by atoms with Crippen LogP contribution in [0.4, 0.5) is 0 Å². The van der Waals surface area contributed by atoms with E-state index < -0.39 is 168 Å². The molecule has 3 aromatic heterocycles. The number of aromatic nitrogens is 4. The zero-order chi connectivity index (χ0) is 85.6. The molecule has 1 aliphatic rings. The molecule has 12 aromatic carbocycles. The van der Waals surface area contributed by atoms with Crippen molar-refractivity contribution in [3.05, 3.63) is 319 Å². The molecule has 0 spiro atoms. The first-order valence-corrected chi connectivity index (χ1v) is 32.7. The van der Waals surface area contributed by atoms with Gasteiger partial charge in [-0.15, -0.1) is 0 Å². The van der Waals surface area contributed by atoms with Gasteiger partial charge in [0.1, 0.15) is 17.3 Å². The maximum absolute atomic E-state index is 11.1. The van der Waals surface area contributed by atoms with Gasteiger partial charge >= 0.3 is 0 Å². The summed E-state index contributed by atoms with van der Waals surface area (Å²) in [5.74, 6) is 1.34. The standard InChI is InChI=1S/C88H72N4OSi/c1-58-27-24-28-59(2)84(58)79-53-63(88(6,7)8)52-78-74-42-21-19-40-72(74)71-39-18-20-41-73(71)77-50-61(60-29-25-38-70(49-60)94(67-32-12-9-13-33-67,68-34-14-10-15-35-68)69-36-16-11-17-37-69)51-82-86(77)91(85(78)79)57-90(82)64-30-26-31-65(55-64)93-66-45-46-76-75-43-22-23-44-80(75)92(81(76)56-66)83-54-62(47-48-89-83)87(3,4)5/h9-56H,1-8H3/i1D3,2D3,9D,10D,11D,12D,13D,14D,15D,16D,17D,25D,29D,32D,33D,34D,35D,36D,37D,38D,49D. The molecule has 0 saturated heterocycles. The number of pyridine rings is 1. The van der Waals surface area contributed by atoms with Crippen LogP contribution in [0, 0.1) is 20.0 Å². The van der Waals surface area contributed by atoms with Crippen LogP contribution in [0.2, 0.25) is 0 Å². The monoisotopic (exact) mass is 1250 g/mol. The fourth-order valence-corrected chi connectivity index (χ4v) is 16.8. The average molecular weight is 1250 g/mol. The molecule has 1 aliphatic heterocycles. The number of fused-ring (bicyclic) bond motifs is 10. The number of benzene rings is 12. The highest BCUT2D eigenvalue weighted by molar-refractivity contribution is 7.20. The predicted octanol–water partition coefficient (Wildman–Crippen LogP) is 19.2. The van der Waals surface area contributed by atoms with E-state index in [9.17, 15) is 30.2 Å². The highest BCUT2D eigenvalue weighted by Gasteiger charge is 2.42. The summed E-state index contributed by atoms with van der Waals surface area (Å²) >= 11 is 0. The molecule has 0 N–H and O–H groups in total. The summed E-state index contributed by atoms with van der Waals surface area (Å²) in [6, 6.07) is 29.5. The molecule has 0 atom stereocenters. The zero-order valence-electron chi connectivity index (χ0n) is 76.9. The third kappa shape index (κ3) is 9.74. The van der Waals surface area contributed by atoms with Crippen LogP contribution in [0.25, 0.3) is 106 Å². The summed E-state index contributed by atoms with van der Waals surface area (Å²) < 4.78 is 252. The van der Waals surface area contributed by atoms with Crippen molar-refractivity contribution in [1.29, 1.82) is 0 Å². The van der Waals surface area contributed by atoms with Crippen molar-refractivity contribution in [2.45, 2.75) is 66.1 Å². The Kier molecular flexibility index (Phi) is 8.93. The van der Waals surface area contributed by atoms with E-state index in [1.165, 1.54) is 24.3 Å². The first-order valence-electron chi connectivity index (χ1n) is 43.2. The van der Waals surface area contributed by atoms with Crippen LogP contribution < -0.4 is 30.1 Å². The average Bonchev–Trinajstić information content (AvgIpc) is 1.18. The molecular formula is C88H72N4OSi. The molecule has 454 valence electrons. The van der Waals surface area contributed by atoms with E-state index in [0.29, 0.717) is 50.6 Å². The van der Waals surface area contributed by atoms with Gasteiger partial charge in [-0.2, -0.15) is 0 Å². The van der Waals surface area contributed by atoms with E-state index in [-0.39, 0.29) is 61.3 Å². The van der Waals surface area contributed by atoms with Crippen LogP contribution in [0.15, 0.2) is 291 Å². The predicted molar refractivity (Wildman–Crippen MR) is 394 cm³/mol. The number of imidazole rings is 1. The van der Waals surface area contributed by atoms with Gasteiger partial charge in [0.25, 0.3) is 6.33 Å². The molecular weight excluding hydrogens is 1160 g/mol. The number of ether oxygens (including phenoxy) is 1. The van der Waals surface area contributed by atoms with Gasteiger partial charge < -0.3 is 4.74 Å². The second-order valence-electron chi connectivity index (χ2n) is 25.4. The lowest BCUT2D eigenvalue weighted by Crippen LogP contribution is -2.74. The Hall–Kier alpha value is -10.9. The summed E-state index contributed by atoms with van der Waals surface area (Å²) in [7, 11) is -6.39. The highest BCUT2D eigenvalue weighted by atomic mass is 28.3. The molecule has 6 heteroatoms. The van der Waals surface area contributed by atoms with Crippen LogP contribution >= 0.6 is 0 Å². The van der Waals surface area contributed by atoms with Gasteiger partial charge in [-0.25, -0.2) is 4.98 Å². The van der Waals surface area contributed by atoms with E-state index in [0.717, 1.165) is 27.4 Å². The second kappa shape index (κ2) is 22.7. The minimum Gasteiger partial charge on any atom is -0.458 e. The topological polar surface area (TPSA) is 35.9 Å². The van der Waals surface area contributed by atoms with Crippen molar-refractivity contribution in [3.63, 3.8) is 0 Å². The molecule has 0 radical (unpaired) electrons. The van der Waals surface area contributed by atoms with Gasteiger partial charge in [-0.05, 0) is 178 Å². The Morgan fingerprint density at radius 1 is 0.457 bits per heavy atom. The van der Waals surface area contributed by atoms with E-state index in [1.54, 1.807) is 57.8 Å². The molecule has 0 bridgehead atoms. The Labute approximate surface area is 587 Å². The third-order valence-electron chi connectivity index (χ3n) is 17.7. The summed E-state index contributed by atoms with van der Waals surface area (Å²) in [6.07, 6.45) is 5.47. The van der Waals surface area contributed by atoms with Crippen LogP contribution in [0.1, 0.15) is 98.1 Å². The van der Waals surface area contributed by atoms with Crippen LogP contribution in [-0.2, 0) is 10.8 Å². The molecule has 0 unspecified atom stereocenters. The van der Waals surface area contributed by atoms with Crippen molar-refractivity contribution < 1.29 is 43.6 Å². The zero-order valence-corrected chi connectivity index (χ0v) is 52.9. The number of nitrogens with zero attached hydrogens (tertiary/aromatic N) is 4. The molecule has 16 rings (SSSR count). The smallest absolute Gasteiger partial charge is 0.269 e. The summed E-state index contributed by atoms with van der Waals surface area (Å²) in [5, 5.41) is -2.16. The number of hydrogen-bond acceptors (Lipinski definition) is 2. The van der Waals surface area contributed by atoms with Gasteiger partial charge in [0, 0.05) is 31.3 Å². The van der Waals surface area contributed by atoms with Gasteiger partial charge in [0.2, 0.25) is 0 Å². The van der Waals surface area contributed by atoms with E-state index in [2.05, 4.69) is 37.7 Å². The lowest BCUT2D eigenvalue weighted by atomic mass is 9.80. The molecule has 15 aromatic rings. The number of rotatable bonds is 10. The lowest BCUT2D eigenvalue weighted by Gasteiger charge is -2.34. The third-order valence-corrected chi connectivity index (χ3v) is 21.7. The van der Waals surface area contributed by atoms with Gasteiger partial charge in [-0.1, -0.05) is 266 Å². The lowest BCUT2D eigenvalue weighted by molar-refractivity contribution is -0.570. The minimum atomic E-state index is -6.39. The molecule has 0 fully saturated rings. The van der Waals surface area contributed by atoms with Crippen LogP contribution in [0.5, 0.6) is 11.5 Å². The Balaban J connectivity index is 1.09. The van der Waals surface area contributed by atoms with Crippen molar-refractivity contribution in [2.24, 2.45) is 0 Å². The fourth-order valence-electron chi connectivity index (χ4n) is 13.2. The molecule has 0 amide bonds. The summed E-state index contributed by atoms with van der Waals surface area (Å²) in [6.45, 7) is 6.40. The van der Waals surface area contributed by atoms with Crippen LogP contribution in [0.3, 0.4) is 0 Å². The number of aryl methyl sites for hydroxylation is 2. The summed E-state index contributed by atoms with van der Waals surface area (Å²) in [5.41, 5.74) is 4.91. The number of para-hydroxylation sites is 1. The fraction of sp³-hybridized carbons (Fsp3) is 0.114. The van der Waals surface area contributed by atoms with E-state index in [1.807, 2.05) is 118 Å². The maximum atomic E-state index is 11.1. The number of hydrogen-bond donors (Lipinski definition) is 0. The first-order chi connectivity index (χ1) is 56.0. The molecule has 0 aliphatic carbocycles. The first kappa shape index (κ1) is 36.9. The highest BCUT2D eigenvalue weighted by Crippen LogP contribution is 2.49. The Morgan fingerprint density at radius 2 is 1.03 bits per heavy atom. The van der Waals surface area contributed by atoms with Crippen molar-refractivity contribution in [1.82, 2.24) is 14.1 Å². The van der Waals surface area contributed by atoms with Crippen molar-refractivity contribution in [2.75, 3.05) is 0 Å². The van der Waals surface area contributed by atoms with Crippen molar-refractivity contribution in [3.8, 4) is 84.3 Å². The largest absolute Gasteiger partial charge is 0.458 e. The van der Waals surface area contributed by atoms with Gasteiger partial charge in [-0.3, -0.25) is 13.7 Å². The quantitative estimate of drug-likeness (QED) is 0.0592. The van der Waals surface area contributed by atoms with Gasteiger partial charge in [0.05, 0.1) is 59.5 Å². The normalized spacial score (nSPS) is 16.3. The van der Waals surface area contributed by atoms with E-state index >= 15 is 0 Å².